The number of carbonyl (C=O) groups is 1. The summed E-state index contributed by atoms with van der Waals surface area (Å²) in [5.74, 6) is -0.755. The largest absolute Gasteiger partial charge is 0.347 e. The number of nitro benzene ring substituents is 1. The van der Waals surface area contributed by atoms with Gasteiger partial charge in [-0.05, 0) is 30.2 Å². The van der Waals surface area contributed by atoms with Crippen molar-refractivity contribution in [3.63, 3.8) is 0 Å². The molecule has 2 saturated heterocycles. The Morgan fingerprint density at radius 1 is 1.00 bits per heavy atom. The molecule has 3 heterocycles. The van der Waals surface area contributed by atoms with Gasteiger partial charge < -0.3 is 19.3 Å². The van der Waals surface area contributed by atoms with Crippen molar-refractivity contribution in [3.05, 3.63) is 63.7 Å². The van der Waals surface area contributed by atoms with E-state index in [1.165, 1.54) is 11.6 Å². The van der Waals surface area contributed by atoms with Crippen LogP contribution in [0, 0.1) is 10.1 Å². The van der Waals surface area contributed by atoms with Crippen LogP contribution < -0.4 is 4.90 Å². The highest BCUT2D eigenvalue weighted by atomic mass is 16.7. The predicted octanol–water partition coefficient (Wildman–Crippen LogP) is 3.27. The van der Waals surface area contributed by atoms with Crippen LogP contribution in [-0.4, -0.2) is 54.4 Å². The summed E-state index contributed by atoms with van der Waals surface area (Å²) in [7, 11) is 0. The van der Waals surface area contributed by atoms with Crippen LogP contribution >= 0.6 is 0 Å². The highest BCUT2D eigenvalue weighted by Gasteiger charge is 2.41. The standard InChI is InChI=1S/C22H23N3O5/c26-21(23-11-8-22(9-12-23)29-13-14-30-22)17-5-6-19(20(15-17)25(27)28)24-10-7-16-3-1-2-4-18(16)24/h1-6,15H,7-14H2. The molecule has 1 amide bonds. The normalized spacial score (nSPS) is 19.9. The summed E-state index contributed by atoms with van der Waals surface area (Å²) in [5, 5.41) is 11.8. The molecule has 156 valence electrons. The van der Waals surface area contributed by atoms with Crippen LogP contribution in [0.15, 0.2) is 42.5 Å². The Labute approximate surface area is 174 Å². The maximum atomic E-state index is 13.0. The monoisotopic (exact) mass is 409 g/mol. The Morgan fingerprint density at radius 3 is 2.47 bits per heavy atom. The first kappa shape index (κ1) is 19.0. The number of nitro groups is 1. The third-order valence-electron chi connectivity index (χ3n) is 6.22. The fourth-order valence-corrected chi connectivity index (χ4v) is 4.64. The van der Waals surface area contributed by atoms with Crippen LogP contribution in [0.1, 0.15) is 28.8 Å². The number of fused-ring (bicyclic) bond motifs is 1. The average Bonchev–Trinajstić information content (AvgIpc) is 3.41. The van der Waals surface area contributed by atoms with E-state index >= 15 is 0 Å². The van der Waals surface area contributed by atoms with Gasteiger partial charge in [0, 0.05) is 49.8 Å². The zero-order chi connectivity index (χ0) is 20.7. The smallest absolute Gasteiger partial charge is 0.293 e. The van der Waals surface area contributed by atoms with E-state index in [0.29, 0.717) is 56.9 Å². The second-order valence-electron chi connectivity index (χ2n) is 7.89. The van der Waals surface area contributed by atoms with Crippen LogP contribution in [0.5, 0.6) is 0 Å². The van der Waals surface area contributed by atoms with Gasteiger partial charge in [0.1, 0.15) is 5.69 Å². The minimum absolute atomic E-state index is 0.0477. The first-order valence-corrected chi connectivity index (χ1v) is 10.3. The van der Waals surface area contributed by atoms with Gasteiger partial charge in [-0.2, -0.15) is 0 Å². The summed E-state index contributed by atoms with van der Waals surface area (Å²) in [5.41, 5.74) is 2.96. The molecule has 2 fully saturated rings. The Bertz CT molecular complexity index is 992. The van der Waals surface area contributed by atoms with Crippen molar-refractivity contribution in [3.8, 4) is 0 Å². The zero-order valence-electron chi connectivity index (χ0n) is 16.6. The second kappa shape index (κ2) is 7.37. The van der Waals surface area contributed by atoms with Crippen LogP contribution in [0.4, 0.5) is 17.1 Å². The summed E-state index contributed by atoms with van der Waals surface area (Å²) in [6.07, 6.45) is 2.07. The number of para-hydroxylation sites is 1. The van der Waals surface area contributed by atoms with Crippen molar-refractivity contribution < 1.29 is 19.2 Å². The second-order valence-corrected chi connectivity index (χ2v) is 7.89. The maximum absolute atomic E-state index is 13.0. The van der Waals surface area contributed by atoms with E-state index in [1.54, 1.807) is 17.0 Å². The van der Waals surface area contributed by atoms with E-state index < -0.39 is 10.7 Å². The highest BCUT2D eigenvalue weighted by molar-refractivity contribution is 5.96. The topological polar surface area (TPSA) is 85.2 Å². The Hall–Kier alpha value is -2.97. The van der Waals surface area contributed by atoms with Crippen molar-refractivity contribution in [1.82, 2.24) is 4.90 Å². The summed E-state index contributed by atoms with van der Waals surface area (Å²) in [6.45, 7) is 2.87. The van der Waals surface area contributed by atoms with Gasteiger partial charge in [0.15, 0.2) is 5.79 Å². The molecule has 0 aromatic heterocycles. The van der Waals surface area contributed by atoms with Gasteiger partial charge >= 0.3 is 0 Å². The lowest BCUT2D eigenvalue weighted by atomic mass is 10.0. The molecule has 0 radical (unpaired) electrons. The minimum atomic E-state index is -0.560. The number of carbonyl (C=O) groups excluding carboxylic acids is 1. The van der Waals surface area contributed by atoms with Crippen molar-refractivity contribution >= 4 is 23.0 Å². The Morgan fingerprint density at radius 2 is 1.73 bits per heavy atom. The molecule has 8 nitrogen and oxygen atoms in total. The number of likely N-dealkylation sites (tertiary alicyclic amines) is 1. The predicted molar refractivity (Wildman–Crippen MR) is 110 cm³/mol. The molecule has 2 aromatic rings. The zero-order valence-corrected chi connectivity index (χ0v) is 16.6. The van der Waals surface area contributed by atoms with Gasteiger partial charge in [-0.25, -0.2) is 0 Å². The average molecular weight is 409 g/mol. The number of hydrogen-bond acceptors (Lipinski definition) is 6. The maximum Gasteiger partial charge on any atom is 0.293 e. The summed E-state index contributed by atoms with van der Waals surface area (Å²) >= 11 is 0. The molecule has 5 rings (SSSR count). The molecule has 0 bridgehead atoms. The lowest BCUT2D eigenvalue weighted by Crippen LogP contribution is -2.47. The summed E-state index contributed by atoms with van der Waals surface area (Å²) in [6, 6.07) is 12.7. The van der Waals surface area contributed by atoms with Crippen molar-refractivity contribution in [1.29, 1.82) is 0 Å². The molecular weight excluding hydrogens is 386 g/mol. The molecule has 0 N–H and O–H groups in total. The third kappa shape index (κ3) is 3.22. The van der Waals surface area contributed by atoms with Crippen molar-refractivity contribution in [2.24, 2.45) is 0 Å². The van der Waals surface area contributed by atoms with Gasteiger partial charge in [-0.1, -0.05) is 18.2 Å². The van der Waals surface area contributed by atoms with Gasteiger partial charge in [0.2, 0.25) is 0 Å². The van der Waals surface area contributed by atoms with E-state index in [2.05, 4.69) is 0 Å². The number of hydrogen-bond donors (Lipinski definition) is 0. The van der Waals surface area contributed by atoms with Gasteiger partial charge in [-0.15, -0.1) is 0 Å². The van der Waals surface area contributed by atoms with E-state index in [0.717, 1.165) is 12.1 Å². The van der Waals surface area contributed by atoms with E-state index in [1.807, 2.05) is 29.2 Å². The fraction of sp³-hybridized carbons (Fsp3) is 0.409. The molecule has 3 aliphatic rings. The van der Waals surface area contributed by atoms with E-state index in [-0.39, 0.29) is 11.6 Å². The number of amides is 1. The van der Waals surface area contributed by atoms with Gasteiger partial charge in [0.05, 0.1) is 18.1 Å². The van der Waals surface area contributed by atoms with Crippen molar-refractivity contribution in [2.75, 3.05) is 37.7 Å². The molecule has 8 heteroatoms. The lowest BCUT2D eigenvalue weighted by Gasteiger charge is -2.37. The number of anilines is 2. The van der Waals surface area contributed by atoms with Gasteiger partial charge in [0.25, 0.3) is 11.6 Å². The third-order valence-corrected chi connectivity index (χ3v) is 6.22. The van der Waals surface area contributed by atoms with Crippen LogP contribution in [0.25, 0.3) is 0 Å². The molecule has 0 aliphatic carbocycles. The van der Waals surface area contributed by atoms with E-state index in [9.17, 15) is 14.9 Å². The number of nitrogens with zero attached hydrogens (tertiary/aromatic N) is 3. The molecule has 1 spiro atoms. The number of piperidine rings is 1. The molecule has 0 saturated carbocycles. The number of benzene rings is 2. The summed E-state index contributed by atoms with van der Waals surface area (Å²) in [4.78, 5) is 28.1. The SMILES string of the molecule is O=C(c1ccc(N2CCc3ccccc32)c([N+](=O)[O-])c1)N1CCC2(CC1)OCCO2. The molecule has 3 aliphatic heterocycles. The van der Waals surface area contributed by atoms with E-state index in [4.69, 9.17) is 9.47 Å². The minimum Gasteiger partial charge on any atom is -0.347 e. The van der Waals surface area contributed by atoms with Crippen LogP contribution in [-0.2, 0) is 15.9 Å². The molecule has 2 aromatic carbocycles. The first-order valence-electron chi connectivity index (χ1n) is 10.3. The fourth-order valence-electron chi connectivity index (χ4n) is 4.64. The quantitative estimate of drug-likeness (QED) is 0.571. The number of ether oxygens (including phenoxy) is 2. The number of rotatable bonds is 3. The Kier molecular flexibility index (Phi) is 4.67. The molecule has 0 atom stereocenters. The van der Waals surface area contributed by atoms with Crippen LogP contribution in [0.2, 0.25) is 0 Å². The molecular formula is C22H23N3O5. The van der Waals surface area contributed by atoms with Crippen LogP contribution in [0.3, 0.4) is 0 Å². The summed E-state index contributed by atoms with van der Waals surface area (Å²) < 4.78 is 11.4. The highest BCUT2D eigenvalue weighted by Crippen LogP contribution is 2.40. The van der Waals surface area contributed by atoms with Gasteiger partial charge in [-0.3, -0.25) is 14.9 Å². The Balaban J connectivity index is 1.39. The molecule has 0 unspecified atom stereocenters. The lowest BCUT2D eigenvalue weighted by molar-refractivity contribution is -0.384. The molecule has 30 heavy (non-hydrogen) atoms. The van der Waals surface area contributed by atoms with Crippen molar-refractivity contribution in [2.45, 2.75) is 25.0 Å². The first-order chi connectivity index (χ1) is 14.6.